The largest absolute Gasteiger partial charge is 0.480 e. The minimum atomic E-state index is 0.585. The molecule has 0 aromatic carbocycles. The van der Waals surface area contributed by atoms with Crippen molar-refractivity contribution in [2.45, 2.75) is 6.54 Å². The summed E-state index contributed by atoms with van der Waals surface area (Å²) < 4.78 is 4.98. The van der Waals surface area contributed by atoms with Crippen LogP contribution in [0.1, 0.15) is 5.69 Å². The fraction of sp³-hybridized carbons (Fsp3) is 0.429. The number of methoxy groups -OCH3 is 1. The highest BCUT2D eigenvalue weighted by Crippen LogP contribution is 2.08. The molecule has 0 saturated carbocycles. The maximum absolute atomic E-state index is 4.98. The van der Waals surface area contributed by atoms with Crippen molar-refractivity contribution in [2.24, 2.45) is 0 Å². The van der Waals surface area contributed by atoms with E-state index < -0.39 is 0 Å². The van der Waals surface area contributed by atoms with Crippen LogP contribution in [0.2, 0.25) is 0 Å². The summed E-state index contributed by atoms with van der Waals surface area (Å²) in [5, 5.41) is 2.98. The highest BCUT2D eigenvalue weighted by molar-refractivity contribution is 5.16. The fourth-order valence-electron chi connectivity index (χ4n) is 0.813. The molecule has 0 aliphatic carbocycles. The van der Waals surface area contributed by atoms with Gasteiger partial charge in [-0.2, -0.15) is 0 Å². The number of ether oxygens (including phenoxy) is 1. The molecular weight excluding hydrogens is 142 g/mol. The lowest BCUT2D eigenvalue weighted by Crippen LogP contribution is -2.09. The number of rotatable bonds is 3. The van der Waals surface area contributed by atoms with Crippen LogP contribution in [-0.2, 0) is 6.54 Å². The van der Waals surface area contributed by atoms with Crippen molar-refractivity contribution in [1.29, 1.82) is 0 Å². The molecule has 1 rings (SSSR count). The van der Waals surface area contributed by atoms with Crippen LogP contribution in [0.3, 0.4) is 0 Å². The van der Waals surface area contributed by atoms with Gasteiger partial charge in [-0.05, 0) is 7.05 Å². The lowest BCUT2D eigenvalue weighted by atomic mass is 10.4. The van der Waals surface area contributed by atoms with E-state index in [0.29, 0.717) is 12.4 Å². The number of aromatic nitrogens is 2. The molecule has 4 nitrogen and oxygen atoms in total. The van der Waals surface area contributed by atoms with Gasteiger partial charge in [0, 0.05) is 18.9 Å². The van der Waals surface area contributed by atoms with Crippen LogP contribution in [0.5, 0.6) is 5.88 Å². The van der Waals surface area contributed by atoms with Gasteiger partial charge in [0.15, 0.2) is 0 Å². The van der Waals surface area contributed by atoms with Gasteiger partial charge in [0.1, 0.15) is 5.69 Å². The minimum absolute atomic E-state index is 0.585. The molecule has 0 aliphatic heterocycles. The average Bonchev–Trinajstić information content (AvgIpc) is 2.06. The van der Waals surface area contributed by atoms with Crippen molar-refractivity contribution in [3.8, 4) is 5.88 Å². The summed E-state index contributed by atoms with van der Waals surface area (Å²) in [5.41, 5.74) is 0.831. The van der Waals surface area contributed by atoms with E-state index in [1.54, 1.807) is 19.5 Å². The molecule has 1 heterocycles. The lowest BCUT2D eigenvalue weighted by molar-refractivity contribution is 0.388. The molecule has 1 aromatic rings. The quantitative estimate of drug-likeness (QED) is 0.674. The van der Waals surface area contributed by atoms with Gasteiger partial charge in [-0.1, -0.05) is 0 Å². The van der Waals surface area contributed by atoms with Gasteiger partial charge in [0.05, 0.1) is 7.11 Å². The van der Waals surface area contributed by atoms with Crippen molar-refractivity contribution in [1.82, 2.24) is 15.3 Å². The first-order valence-corrected chi connectivity index (χ1v) is 3.37. The molecule has 0 bridgehead atoms. The van der Waals surface area contributed by atoms with E-state index in [0.717, 1.165) is 5.69 Å². The zero-order chi connectivity index (χ0) is 8.10. The Hall–Kier alpha value is -1.16. The predicted octanol–water partition coefficient (Wildman–Crippen LogP) is 0.205. The Morgan fingerprint density at radius 3 is 2.82 bits per heavy atom. The van der Waals surface area contributed by atoms with E-state index >= 15 is 0 Å². The van der Waals surface area contributed by atoms with Gasteiger partial charge < -0.3 is 10.1 Å². The zero-order valence-electron chi connectivity index (χ0n) is 6.66. The second-order valence-corrected chi connectivity index (χ2v) is 2.04. The van der Waals surface area contributed by atoms with Gasteiger partial charge in [0.2, 0.25) is 5.88 Å². The molecule has 0 amide bonds. The summed E-state index contributed by atoms with van der Waals surface area (Å²) in [6.07, 6.45) is 3.26. The molecule has 0 atom stereocenters. The van der Waals surface area contributed by atoms with E-state index in [4.69, 9.17) is 4.74 Å². The summed E-state index contributed by atoms with van der Waals surface area (Å²) in [7, 11) is 3.44. The van der Waals surface area contributed by atoms with E-state index in [2.05, 4.69) is 15.3 Å². The molecular formula is C7H11N3O. The molecule has 1 aromatic heterocycles. The van der Waals surface area contributed by atoms with Crippen molar-refractivity contribution in [2.75, 3.05) is 14.2 Å². The van der Waals surface area contributed by atoms with E-state index in [1.165, 1.54) is 0 Å². The van der Waals surface area contributed by atoms with Crippen molar-refractivity contribution in [3.05, 3.63) is 18.1 Å². The third-order valence-corrected chi connectivity index (χ3v) is 1.27. The summed E-state index contributed by atoms with van der Waals surface area (Å²) >= 11 is 0. The third-order valence-electron chi connectivity index (χ3n) is 1.27. The number of nitrogens with zero attached hydrogens (tertiary/aromatic N) is 2. The van der Waals surface area contributed by atoms with Crippen LogP contribution in [-0.4, -0.2) is 24.1 Å². The molecule has 60 valence electrons. The summed E-state index contributed by atoms with van der Waals surface area (Å²) in [5.74, 6) is 0.585. The van der Waals surface area contributed by atoms with E-state index in [9.17, 15) is 0 Å². The monoisotopic (exact) mass is 153 g/mol. The van der Waals surface area contributed by atoms with Gasteiger partial charge in [-0.3, -0.25) is 4.98 Å². The maximum Gasteiger partial charge on any atom is 0.236 e. The molecule has 1 N–H and O–H groups in total. The second kappa shape index (κ2) is 3.88. The third kappa shape index (κ3) is 1.88. The van der Waals surface area contributed by atoms with Crippen LogP contribution in [0.4, 0.5) is 0 Å². The molecule has 4 heteroatoms. The standard InChI is InChI=1S/C7H11N3O/c1-8-5-6-7(11-2)10-4-3-9-6/h3-4,8H,5H2,1-2H3. The van der Waals surface area contributed by atoms with Gasteiger partial charge in [-0.15, -0.1) is 0 Å². The number of nitrogens with one attached hydrogen (secondary N) is 1. The maximum atomic E-state index is 4.98. The fourth-order valence-corrected chi connectivity index (χ4v) is 0.813. The Morgan fingerprint density at radius 2 is 2.18 bits per heavy atom. The second-order valence-electron chi connectivity index (χ2n) is 2.04. The average molecular weight is 153 g/mol. The minimum Gasteiger partial charge on any atom is -0.480 e. The van der Waals surface area contributed by atoms with Crippen LogP contribution < -0.4 is 10.1 Å². The molecule has 0 aliphatic rings. The van der Waals surface area contributed by atoms with Crippen molar-refractivity contribution in [3.63, 3.8) is 0 Å². The van der Waals surface area contributed by atoms with E-state index in [-0.39, 0.29) is 0 Å². The molecule has 11 heavy (non-hydrogen) atoms. The van der Waals surface area contributed by atoms with Gasteiger partial charge in [-0.25, -0.2) is 4.98 Å². The van der Waals surface area contributed by atoms with Crippen molar-refractivity contribution >= 4 is 0 Å². The normalized spacial score (nSPS) is 9.64. The molecule has 0 unspecified atom stereocenters. The highest BCUT2D eigenvalue weighted by Gasteiger charge is 2.01. The Kier molecular flexibility index (Phi) is 2.80. The van der Waals surface area contributed by atoms with E-state index in [1.807, 2.05) is 7.05 Å². The highest BCUT2D eigenvalue weighted by atomic mass is 16.5. The summed E-state index contributed by atoms with van der Waals surface area (Å²) in [6, 6.07) is 0. The van der Waals surface area contributed by atoms with Crippen molar-refractivity contribution < 1.29 is 4.74 Å². The summed E-state index contributed by atoms with van der Waals surface area (Å²) in [6.45, 7) is 0.678. The smallest absolute Gasteiger partial charge is 0.236 e. The van der Waals surface area contributed by atoms with Gasteiger partial charge >= 0.3 is 0 Å². The molecule has 0 fully saturated rings. The Bertz CT molecular complexity index is 227. The first kappa shape index (κ1) is 7.94. The first-order valence-electron chi connectivity index (χ1n) is 3.37. The first-order chi connectivity index (χ1) is 5.38. The van der Waals surface area contributed by atoms with Crippen LogP contribution in [0, 0.1) is 0 Å². The van der Waals surface area contributed by atoms with Crippen LogP contribution in [0.25, 0.3) is 0 Å². The summed E-state index contributed by atoms with van der Waals surface area (Å²) in [4.78, 5) is 8.08. The Balaban J connectivity index is 2.83. The topological polar surface area (TPSA) is 47.0 Å². The molecule has 0 saturated heterocycles. The Morgan fingerprint density at radius 1 is 1.45 bits per heavy atom. The zero-order valence-corrected chi connectivity index (χ0v) is 6.66. The Labute approximate surface area is 65.6 Å². The number of hydrogen-bond acceptors (Lipinski definition) is 4. The predicted molar refractivity (Wildman–Crippen MR) is 41.3 cm³/mol. The van der Waals surface area contributed by atoms with Gasteiger partial charge in [0.25, 0.3) is 0 Å². The number of hydrogen-bond donors (Lipinski definition) is 1. The molecule has 0 radical (unpaired) electrons. The molecule has 0 spiro atoms. The van der Waals surface area contributed by atoms with Crippen LogP contribution >= 0.6 is 0 Å². The lowest BCUT2D eigenvalue weighted by Gasteiger charge is -2.03. The SMILES string of the molecule is CNCc1nccnc1OC. The van der Waals surface area contributed by atoms with Crippen LogP contribution in [0.15, 0.2) is 12.4 Å².